The standard InChI is InChI=1S/C14H18N2O/c1-3-5-6-7-8-12-13(14(15)17)11(4-2)9-10-16-12/h3,5-7,9-10H,4,8H2,1-2H3,(H2,15,17). The highest BCUT2D eigenvalue weighted by Gasteiger charge is 2.12. The van der Waals surface area contributed by atoms with Gasteiger partial charge in [-0.15, -0.1) is 0 Å². The summed E-state index contributed by atoms with van der Waals surface area (Å²) in [6.45, 7) is 3.95. The van der Waals surface area contributed by atoms with E-state index in [0.29, 0.717) is 12.0 Å². The van der Waals surface area contributed by atoms with Gasteiger partial charge in [-0.2, -0.15) is 0 Å². The molecule has 0 fully saturated rings. The molecule has 0 saturated carbocycles. The number of aromatic nitrogens is 1. The van der Waals surface area contributed by atoms with Crippen LogP contribution in [0.15, 0.2) is 36.6 Å². The van der Waals surface area contributed by atoms with Crippen molar-refractivity contribution < 1.29 is 4.79 Å². The first-order valence-corrected chi connectivity index (χ1v) is 5.75. The maximum atomic E-state index is 11.4. The number of hydrogen-bond donors (Lipinski definition) is 1. The smallest absolute Gasteiger partial charge is 0.250 e. The fraction of sp³-hybridized carbons (Fsp3) is 0.286. The number of hydrogen-bond acceptors (Lipinski definition) is 2. The van der Waals surface area contributed by atoms with Gasteiger partial charge in [0.05, 0.1) is 11.3 Å². The SMILES string of the molecule is CC=CC=CCc1nccc(CC)c1C(N)=O. The molecule has 1 aromatic heterocycles. The zero-order chi connectivity index (χ0) is 12.7. The van der Waals surface area contributed by atoms with E-state index in [1.54, 1.807) is 6.20 Å². The van der Waals surface area contributed by atoms with E-state index in [-0.39, 0.29) is 0 Å². The van der Waals surface area contributed by atoms with Crippen molar-refractivity contribution in [1.29, 1.82) is 0 Å². The van der Waals surface area contributed by atoms with Crippen molar-refractivity contribution in [2.45, 2.75) is 26.7 Å². The normalized spacial score (nSPS) is 11.4. The third-order valence-corrected chi connectivity index (χ3v) is 2.49. The van der Waals surface area contributed by atoms with Crippen LogP contribution in [0.2, 0.25) is 0 Å². The topological polar surface area (TPSA) is 56.0 Å². The number of pyridine rings is 1. The first kappa shape index (κ1) is 13.2. The molecule has 1 amide bonds. The van der Waals surface area contributed by atoms with E-state index in [0.717, 1.165) is 17.7 Å². The lowest BCUT2D eigenvalue weighted by Gasteiger charge is -2.08. The van der Waals surface area contributed by atoms with E-state index >= 15 is 0 Å². The molecule has 3 nitrogen and oxygen atoms in total. The fourth-order valence-corrected chi connectivity index (χ4v) is 1.67. The van der Waals surface area contributed by atoms with Gasteiger partial charge in [-0.1, -0.05) is 31.2 Å². The van der Waals surface area contributed by atoms with Crippen LogP contribution >= 0.6 is 0 Å². The fourth-order valence-electron chi connectivity index (χ4n) is 1.67. The summed E-state index contributed by atoms with van der Waals surface area (Å²) in [4.78, 5) is 15.7. The molecular formula is C14H18N2O. The van der Waals surface area contributed by atoms with E-state index in [2.05, 4.69) is 4.98 Å². The summed E-state index contributed by atoms with van der Waals surface area (Å²) in [7, 11) is 0. The molecule has 0 saturated heterocycles. The van der Waals surface area contributed by atoms with Crippen molar-refractivity contribution in [1.82, 2.24) is 4.98 Å². The van der Waals surface area contributed by atoms with Gasteiger partial charge in [0, 0.05) is 12.6 Å². The number of aryl methyl sites for hydroxylation is 1. The molecule has 1 rings (SSSR count). The highest BCUT2D eigenvalue weighted by molar-refractivity contribution is 5.95. The quantitative estimate of drug-likeness (QED) is 0.790. The lowest BCUT2D eigenvalue weighted by atomic mass is 10.0. The summed E-state index contributed by atoms with van der Waals surface area (Å²) >= 11 is 0. The van der Waals surface area contributed by atoms with Gasteiger partial charge in [0.15, 0.2) is 0 Å². The number of primary amides is 1. The highest BCUT2D eigenvalue weighted by Crippen LogP contribution is 2.13. The Kier molecular flexibility index (Phi) is 5.14. The number of carbonyl (C=O) groups is 1. The van der Waals surface area contributed by atoms with Crippen LogP contribution in [0.1, 0.15) is 35.5 Å². The average Bonchev–Trinajstić information content (AvgIpc) is 2.33. The Morgan fingerprint density at radius 2 is 2.24 bits per heavy atom. The van der Waals surface area contributed by atoms with Crippen LogP contribution in [-0.4, -0.2) is 10.9 Å². The van der Waals surface area contributed by atoms with Crippen molar-refractivity contribution in [2.75, 3.05) is 0 Å². The predicted molar refractivity (Wildman–Crippen MR) is 69.8 cm³/mol. The van der Waals surface area contributed by atoms with E-state index < -0.39 is 5.91 Å². The Labute approximate surface area is 102 Å². The molecule has 3 heteroatoms. The second-order valence-electron chi connectivity index (χ2n) is 3.67. The van der Waals surface area contributed by atoms with Gasteiger partial charge >= 0.3 is 0 Å². The Bertz CT molecular complexity index is 448. The number of nitrogens with two attached hydrogens (primary N) is 1. The molecule has 0 atom stereocenters. The first-order chi connectivity index (χ1) is 8.20. The minimum Gasteiger partial charge on any atom is -0.366 e. The lowest BCUT2D eigenvalue weighted by molar-refractivity contribution is 0.0998. The number of allylic oxidation sites excluding steroid dienone is 4. The van der Waals surface area contributed by atoms with E-state index in [9.17, 15) is 4.79 Å². The van der Waals surface area contributed by atoms with Gasteiger partial charge in [-0.25, -0.2) is 0 Å². The number of carbonyl (C=O) groups excluding carboxylic acids is 1. The van der Waals surface area contributed by atoms with Gasteiger partial charge in [-0.05, 0) is 25.0 Å². The number of rotatable bonds is 5. The molecule has 0 radical (unpaired) electrons. The predicted octanol–water partition coefficient (Wildman–Crippen LogP) is 2.42. The molecule has 0 aliphatic heterocycles. The van der Waals surface area contributed by atoms with Crippen molar-refractivity contribution in [3.05, 3.63) is 53.4 Å². The molecule has 0 aromatic carbocycles. The van der Waals surface area contributed by atoms with Gasteiger partial charge in [-0.3, -0.25) is 9.78 Å². The van der Waals surface area contributed by atoms with Crippen LogP contribution < -0.4 is 5.73 Å². The highest BCUT2D eigenvalue weighted by atomic mass is 16.1. The lowest BCUT2D eigenvalue weighted by Crippen LogP contribution is -2.17. The Morgan fingerprint density at radius 1 is 1.47 bits per heavy atom. The summed E-state index contributed by atoms with van der Waals surface area (Å²) in [6.07, 6.45) is 10.9. The second-order valence-corrected chi connectivity index (χ2v) is 3.67. The second kappa shape index (κ2) is 6.63. The largest absolute Gasteiger partial charge is 0.366 e. The van der Waals surface area contributed by atoms with E-state index in [1.807, 2.05) is 44.2 Å². The van der Waals surface area contributed by atoms with Crippen LogP contribution in [0.25, 0.3) is 0 Å². The van der Waals surface area contributed by atoms with Crippen LogP contribution in [-0.2, 0) is 12.8 Å². The summed E-state index contributed by atoms with van der Waals surface area (Å²) in [5, 5.41) is 0. The van der Waals surface area contributed by atoms with Crippen molar-refractivity contribution in [3.8, 4) is 0 Å². The van der Waals surface area contributed by atoms with Crippen LogP contribution in [0.3, 0.4) is 0 Å². The van der Waals surface area contributed by atoms with Crippen LogP contribution in [0.5, 0.6) is 0 Å². The monoisotopic (exact) mass is 230 g/mol. The minimum absolute atomic E-state index is 0.399. The van der Waals surface area contributed by atoms with Gasteiger partial charge < -0.3 is 5.73 Å². The molecule has 0 aliphatic rings. The molecule has 1 aromatic rings. The van der Waals surface area contributed by atoms with Gasteiger partial charge in [0.2, 0.25) is 0 Å². The number of amides is 1. The molecule has 90 valence electrons. The van der Waals surface area contributed by atoms with Gasteiger partial charge in [0.1, 0.15) is 0 Å². The summed E-state index contributed by atoms with van der Waals surface area (Å²) in [5.74, 6) is -0.399. The van der Waals surface area contributed by atoms with Crippen LogP contribution in [0, 0.1) is 0 Å². The molecule has 0 bridgehead atoms. The molecule has 1 heterocycles. The van der Waals surface area contributed by atoms with Crippen molar-refractivity contribution in [2.24, 2.45) is 5.73 Å². The summed E-state index contributed by atoms with van der Waals surface area (Å²) in [5.41, 5.74) is 7.68. The number of nitrogens with zero attached hydrogens (tertiary/aromatic N) is 1. The van der Waals surface area contributed by atoms with Crippen molar-refractivity contribution in [3.63, 3.8) is 0 Å². The summed E-state index contributed by atoms with van der Waals surface area (Å²) < 4.78 is 0. The Balaban J connectivity index is 3.02. The van der Waals surface area contributed by atoms with E-state index in [1.165, 1.54) is 0 Å². The Morgan fingerprint density at radius 3 is 2.82 bits per heavy atom. The van der Waals surface area contributed by atoms with Crippen LogP contribution in [0.4, 0.5) is 0 Å². The molecule has 0 spiro atoms. The summed E-state index contributed by atoms with van der Waals surface area (Å²) in [6, 6.07) is 1.85. The maximum absolute atomic E-state index is 11.4. The first-order valence-electron chi connectivity index (χ1n) is 5.75. The van der Waals surface area contributed by atoms with E-state index in [4.69, 9.17) is 5.73 Å². The zero-order valence-electron chi connectivity index (χ0n) is 10.3. The van der Waals surface area contributed by atoms with Crippen molar-refractivity contribution >= 4 is 5.91 Å². The molecule has 0 unspecified atom stereocenters. The van der Waals surface area contributed by atoms with Gasteiger partial charge in [0.25, 0.3) is 5.91 Å². The molecular weight excluding hydrogens is 212 g/mol. The zero-order valence-corrected chi connectivity index (χ0v) is 10.3. The maximum Gasteiger partial charge on any atom is 0.250 e. The third kappa shape index (κ3) is 3.55. The Hall–Kier alpha value is -1.90. The average molecular weight is 230 g/mol. The third-order valence-electron chi connectivity index (χ3n) is 2.49. The molecule has 2 N–H and O–H groups in total. The molecule has 17 heavy (non-hydrogen) atoms. The minimum atomic E-state index is -0.399. The molecule has 0 aliphatic carbocycles.